The molecule has 116 valence electrons. The van der Waals surface area contributed by atoms with Crippen molar-refractivity contribution in [1.82, 2.24) is 10.6 Å². The fraction of sp³-hybridized carbons (Fsp3) is 0.857. The molecule has 20 heavy (non-hydrogen) atoms. The highest BCUT2D eigenvalue weighted by atomic mass is 16.5. The van der Waals surface area contributed by atoms with E-state index in [1.165, 1.54) is 0 Å². The third-order valence-corrected chi connectivity index (χ3v) is 4.03. The third-order valence-electron chi connectivity index (χ3n) is 4.03. The van der Waals surface area contributed by atoms with E-state index in [4.69, 9.17) is 9.84 Å². The lowest BCUT2D eigenvalue weighted by atomic mass is 9.66. The lowest BCUT2D eigenvalue weighted by Gasteiger charge is -2.41. The number of nitrogens with one attached hydrogen (secondary N) is 2. The molecule has 6 nitrogen and oxygen atoms in total. The molecular formula is C14H26N2O4. The van der Waals surface area contributed by atoms with E-state index in [0.717, 1.165) is 19.3 Å². The fourth-order valence-corrected chi connectivity index (χ4v) is 2.48. The van der Waals surface area contributed by atoms with Gasteiger partial charge in [-0.3, -0.25) is 4.79 Å². The van der Waals surface area contributed by atoms with Gasteiger partial charge in [-0.05, 0) is 24.2 Å². The van der Waals surface area contributed by atoms with E-state index in [1.807, 2.05) is 13.8 Å². The first-order chi connectivity index (χ1) is 9.38. The quantitative estimate of drug-likeness (QED) is 0.632. The van der Waals surface area contributed by atoms with Crippen LogP contribution in [0.1, 0.15) is 39.5 Å². The summed E-state index contributed by atoms with van der Waals surface area (Å²) in [6.45, 7) is 4.91. The van der Waals surface area contributed by atoms with Crippen LogP contribution in [0.5, 0.6) is 0 Å². The van der Waals surface area contributed by atoms with Crippen LogP contribution in [0, 0.1) is 11.3 Å². The summed E-state index contributed by atoms with van der Waals surface area (Å²) >= 11 is 0. The summed E-state index contributed by atoms with van der Waals surface area (Å²) in [7, 11) is 1.60. The number of aliphatic carboxylic acids is 1. The molecule has 3 N–H and O–H groups in total. The van der Waals surface area contributed by atoms with Gasteiger partial charge < -0.3 is 20.5 Å². The zero-order valence-electron chi connectivity index (χ0n) is 12.6. The predicted octanol–water partition coefficient (Wildman–Crippen LogP) is 1.60. The summed E-state index contributed by atoms with van der Waals surface area (Å²) in [6.07, 6.45) is 2.89. The number of carbonyl (C=O) groups excluding carboxylic acids is 1. The maximum atomic E-state index is 11.9. The Bertz CT molecular complexity index is 340. The largest absolute Gasteiger partial charge is 0.481 e. The Hall–Kier alpha value is -1.30. The van der Waals surface area contributed by atoms with Crippen LogP contribution in [0.4, 0.5) is 4.79 Å². The van der Waals surface area contributed by atoms with Crippen LogP contribution in [0.25, 0.3) is 0 Å². The van der Waals surface area contributed by atoms with Crippen molar-refractivity contribution in [1.29, 1.82) is 0 Å². The monoisotopic (exact) mass is 286 g/mol. The number of hydrogen-bond donors (Lipinski definition) is 3. The molecule has 2 amide bonds. The number of carbonyl (C=O) groups is 2. The van der Waals surface area contributed by atoms with E-state index < -0.39 is 5.97 Å². The van der Waals surface area contributed by atoms with E-state index in [2.05, 4.69) is 10.6 Å². The average Bonchev–Trinajstić information content (AvgIpc) is 2.31. The molecule has 1 unspecified atom stereocenters. The van der Waals surface area contributed by atoms with Crippen molar-refractivity contribution in [3.63, 3.8) is 0 Å². The zero-order valence-corrected chi connectivity index (χ0v) is 12.6. The van der Waals surface area contributed by atoms with Crippen LogP contribution in [-0.4, -0.2) is 43.4 Å². The molecule has 0 radical (unpaired) electrons. The lowest BCUT2D eigenvalue weighted by molar-refractivity contribution is -0.141. The molecule has 0 aliphatic heterocycles. The van der Waals surface area contributed by atoms with Crippen LogP contribution >= 0.6 is 0 Å². The molecule has 1 fully saturated rings. The molecule has 0 heterocycles. The second-order valence-corrected chi connectivity index (χ2v) is 6.06. The molecule has 1 aliphatic carbocycles. The zero-order chi connectivity index (χ0) is 15.2. The number of amides is 2. The Kier molecular flexibility index (Phi) is 6.26. The third kappa shape index (κ3) is 5.00. The highest BCUT2D eigenvalue weighted by Crippen LogP contribution is 2.43. The molecule has 1 rings (SSSR count). The number of rotatable bonds is 8. The summed E-state index contributed by atoms with van der Waals surface area (Å²) in [5.74, 6) is -0.524. The van der Waals surface area contributed by atoms with Crippen molar-refractivity contribution in [3.05, 3.63) is 0 Å². The van der Waals surface area contributed by atoms with E-state index >= 15 is 0 Å². The van der Waals surface area contributed by atoms with Gasteiger partial charge in [0, 0.05) is 13.7 Å². The van der Waals surface area contributed by atoms with Gasteiger partial charge in [0.15, 0.2) is 0 Å². The average molecular weight is 286 g/mol. The van der Waals surface area contributed by atoms with Crippen molar-refractivity contribution < 1.29 is 19.4 Å². The molecule has 0 bridgehead atoms. The van der Waals surface area contributed by atoms with Gasteiger partial charge in [-0.25, -0.2) is 4.79 Å². The Balaban J connectivity index is 2.39. The summed E-state index contributed by atoms with van der Waals surface area (Å²) < 4.78 is 5.08. The van der Waals surface area contributed by atoms with Gasteiger partial charge in [-0.1, -0.05) is 20.3 Å². The molecule has 1 saturated carbocycles. The van der Waals surface area contributed by atoms with Crippen molar-refractivity contribution in [2.24, 2.45) is 11.3 Å². The maximum absolute atomic E-state index is 11.9. The second kappa shape index (κ2) is 7.47. The molecular weight excluding hydrogens is 260 g/mol. The van der Waals surface area contributed by atoms with Gasteiger partial charge >= 0.3 is 12.0 Å². The lowest BCUT2D eigenvalue weighted by Crippen LogP contribution is -2.50. The summed E-state index contributed by atoms with van der Waals surface area (Å²) in [6, 6.07) is -0.297. The van der Waals surface area contributed by atoms with E-state index in [1.54, 1.807) is 7.11 Å². The fourth-order valence-electron chi connectivity index (χ4n) is 2.48. The van der Waals surface area contributed by atoms with Crippen LogP contribution in [0.15, 0.2) is 0 Å². The first kappa shape index (κ1) is 16.8. The maximum Gasteiger partial charge on any atom is 0.315 e. The SMILES string of the molecule is COCC(NC(=O)NCC1(CC(=O)O)CCC1)C(C)C. The first-order valence-corrected chi connectivity index (χ1v) is 7.14. The molecule has 6 heteroatoms. The molecule has 0 aromatic heterocycles. The summed E-state index contributed by atoms with van der Waals surface area (Å²) in [4.78, 5) is 22.7. The Morgan fingerprint density at radius 2 is 2.00 bits per heavy atom. The Morgan fingerprint density at radius 3 is 2.40 bits per heavy atom. The van der Waals surface area contributed by atoms with E-state index in [-0.39, 0.29) is 29.8 Å². The number of hydrogen-bond acceptors (Lipinski definition) is 3. The van der Waals surface area contributed by atoms with E-state index in [9.17, 15) is 9.59 Å². The van der Waals surface area contributed by atoms with Gasteiger partial charge in [0.25, 0.3) is 0 Å². The number of urea groups is 1. The molecule has 0 spiro atoms. The highest BCUT2D eigenvalue weighted by molar-refractivity contribution is 5.74. The first-order valence-electron chi connectivity index (χ1n) is 7.14. The summed E-state index contributed by atoms with van der Waals surface area (Å²) in [5.41, 5.74) is -0.252. The van der Waals surface area contributed by atoms with Crippen molar-refractivity contribution in [3.8, 4) is 0 Å². The van der Waals surface area contributed by atoms with Gasteiger partial charge in [-0.15, -0.1) is 0 Å². The minimum Gasteiger partial charge on any atom is -0.481 e. The minimum atomic E-state index is -0.800. The molecule has 0 aromatic rings. The smallest absolute Gasteiger partial charge is 0.315 e. The van der Waals surface area contributed by atoms with Gasteiger partial charge in [0.2, 0.25) is 0 Å². The van der Waals surface area contributed by atoms with Crippen LogP contribution in [-0.2, 0) is 9.53 Å². The Morgan fingerprint density at radius 1 is 1.35 bits per heavy atom. The molecule has 0 saturated heterocycles. The summed E-state index contributed by atoms with van der Waals surface area (Å²) in [5, 5.41) is 14.6. The normalized spacial score (nSPS) is 18.2. The number of ether oxygens (including phenoxy) is 1. The van der Waals surface area contributed by atoms with Crippen LogP contribution in [0.3, 0.4) is 0 Å². The topological polar surface area (TPSA) is 87.7 Å². The second-order valence-electron chi connectivity index (χ2n) is 6.06. The van der Waals surface area contributed by atoms with Crippen LogP contribution < -0.4 is 10.6 Å². The number of methoxy groups -OCH3 is 1. The van der Waals surface area contributed by atoms with Crippen LogP contribution in [0.2, 0.25) is 0 Å². The van der Waals surface area contributed by atoms with Gasteiger partial charge in [0.05, 0.1) is 19.1 Å². The predicted molar refractivity (Wildman–Crippen MR) is 75.6 cm³/mol. The standard InChI is InChI=1S/C14H26N2O4/c1-10(2)11(8-20-3)16-13(19)15-9-14(5-4-6-14)7-12(17)18/h10-11H,4-9H2,1-3H3,(H,17,18)(H2,15,16,19). The number of carboxylic acids is 1. The molecule has 1 aliphatic rings. The van der Waals surface area contributed by atoms with Gasteiger partial charge in [0.1, 0.15) is 0 Å². The number of carboxylic acid groups (broad SMARTS) is 1. The van der Waals surface area contributed by atoms with Gasteiger partial charge in [-0.2, -0.15) is 0 Å². The minimum absolute atomic E-state index is 0.0446. The molecule has 0 aromatic carbocycles. The molecule has 1 atom stereocenters. The highest BCUT2D eigenvalue weighted by Gasteiger charge is 2.39. The van der Waals surface area contributed by atoms with Crippen molar-refractivity contribution in [2.75, 3.05) is 20.3 Å². The van der Waals surface area contributed by atoms with E-state index in [0.29, 0.717) is 13.2 Å². The van der Waals surface area contributed by atoms with Crippen molar-refractivity contribution >= 4 is 12.0 Å². The van der Waals surface area contributed by atoms with Crippen molar-refractivity contribution in [2.45, 2.75) is 45.6 Å². The Labute approximate surface area is 120 Å².